The van der Waals surface area contributed by atoms with Gasteiger partial charge in [-0.25, -0.2) is 4.39 Å². The van der Waals surface area contributed by atoms with Gasteiger partial charge in [0, 0.05) is 22.2 Å². The Morgan fingerprint density at radius 1 is 1.05 bits per heavy atom. The quantitative estimate of drug-likeness (QED) is 0.714. The zero-order valence-electron chi connectivity index (χ0n) is 9.78. The molecule has 19 heavy (non-hydrogen) atoms. The van der Waals surface area contributed by atoms with Crippen LogP contribution in [0.5, 0.6) is 0 Å². The molecule has 0 bridgehead atoms. The lowest BCUT2D eigenvalue weighted by Gasteiger charge is -2.05. The van der Waals surface area contributed by atoms with Crippen LogP contribution < -0.4 is 5.43 Å². The van der Waals surface area contributed by atoms with Crippen molar-refractivity contribution in [1.29, 1.82) is 0 Å². The number of halogens is 2. The van der Waals surface area contributed by atoms with Crippen LogP contribution in [0.1, 0.15) is 0 Å². The van der Waals surface area contributed by atoms with Crippen LogP contribution in [0.4, 0.5) is 4.39 Å². The Kier molecular flexibility index (Phi) is 2.84. The van der Waals surface area contributed by atoms with Crippen molar-refractivity contribution < 1.29 is 4.39 Å². The van der Waals surface area contributed by atoms with Gasteiger partial charge >= 0.3 is 0 Å². The highest BCUT2D eigenvalue weighted by atomic mass is 35.5. The van der Waals surface area contributed by atoms with Gasteiger partial charge in [-0.1, -0.05) is 29.8 Å². The molecular formula is C15H9ClFNO. The summed E-state index contributed by atoms with van der Waals surface area (Å²) in [7, 11) is 0. The highest BCUT2D eigenvalue weighted by molar-refractivity contribution is 6.30. The van der Waals surface area contributed by atoms with Gasteiger partial charge in [-0.15, -0.1) is 0 Å². The summed E-state index contributed by atoms with van der Waals surface area (Å²) < 4.78 is 13.7. The van der Waals surface area contributed by atoms with E-state index in [9.17, 15) is 9.18 Å². The number of H-pyrrole nitrogens is 1. The summed E-state index contributed by atoms with van der Waals surface area (Å²) >= 11 is 5.82. The number of para-hydroxylation sites is 1. The third-order valence-electron chi connectivity index (χ3n) is 2.97. The molecule has 0 saturated heterocycles. The van der Waals surface area contributed by atoms with E-state index in [4.69, 9.17) is 11.6 Å². The number of fused-ring (bicyclic) bond motifs is 1. The van der Waals surface area contributed by atoms with Crippen LogP contribution in [-0.4, -0.2) is 4.98 Å². The van der Waals surface area contributed by atoms with Crippen molar-refractivity contribution in [2.75, 3.05) is 0 Å². The van der Waals surface area contributed by atoms with E-state index < -0.39 is 5.82 Å². The number of aromatic nitrogens is 1. The van der Waals surface area contributed by atoms with Gasteiger partial charge in [-0.3, -0.25) is 4.79 Å². The van der Waals surface area contributed by atoms with Crippen LogP contribution in [0.2, 0.25) is 5.02 Å². The SMILES string of the molecule is O=c1cc(-c2ccc(Cl)cc2)[nH]c2c(F)cccc12. The predicted molar refractivity (Wildman–Crippen MR) is 75.0 cm³/mol. The molecule has 0 fully saturated rings. The van der Waals surface area contributed by atoms with Crippen LogP contribution in [0.25, 0.3) is 22.2 Å². The molecule has 0 unspecified atom stereocenters. The molecule has 3 aromatic rings. The van der Waals surface area contributed by atoms with Gasteiger partial charge in [-0.05, 0) is 29.8 Å². The molecule has 0 aliphatic carbocycles. The molecule has 0 saturated carbocycles. The van der Waals surface area contributed by atoms with Gasteiger partial charge in [0.25, 0.3) is 0 Å². The molecule has 94 valence electrons. The number of hydrogen-bond donors (Lipinski definition) is 1. The largest absolute Gasteiger partial charge is 0.352 e. The molecule has 1 heterocycles. The first-order valence-corrected chi connectivity index (χ1v) is 6.10. The zero-order chi connectivity index (χ0) is 13.4. The summed E-state index contributed by atoms with van der Waals surface area (Å²) in [5.41, 5.74) is 1.36. The maximum atomic E-state index is 13.7. The molecule has 3 rings (SSSR count). The summed E-state index contributed by atoms with van der Waals surface area (Å²) in [6.45, 7) is 0. The molecule has 2 nitrogen and oxygen atoms in total. The van der Waals surface area contributed by atoms with Gasteiger partial charge in [0.2, 0.25) is 0 Å². The monoisotopic (exact) mass is 273 g/mol. The third kappa shape index (κ3) is 2.13. The van der Waals surface area contributed by atoms with Gasteiger partial charge in [0.1, 0.15) is 5.82 Å². The average molecular weight is 274 g/mol. The lowest BCUT2D eigenvalue weighted by Crippen LogP contribution is -2.04. The summed E-state index contributed by atoms with van der Waals surface area (Å²) in [5, 5.41) is 0.954. The molecular weight excluding hydrogens is 265 g/mol. The first kappa shape index (κ1) is 11.9. The first-order valence-electron chi connectivity index (χ1n) is 5.72. The minimum absolute atomic E-state index is 0.210. The van der Waals surface area contributed by atoms with E-state index >= 15 is 0 Å². The number of nitrogens with one attached hydrogen (secondary N) is 1. The lowest BCUT2D eigenvalue weighted by atomic mass is 10.1. The number of rotatable bonds is 1. The van der Waals surface area contributed by atoms with Crippen molar-refractivity contribution in [3.8, 4) is 11.3 Å². The lowest BCUT2D eigenvalue weighted by molar-refractivity contribution is 0.637. The van der Waals surface area contributed by atoms with Gasteiger partial charge in [0.05, 0.1) is 5.52 Å². The molecule has 0 radical (unpaired) electrons. The molecule has 2 aromatic carbocycles. The molecule has 1 aromatic heterocycles. The van der Waals surface area contributed by atoms with Crippen molar-refractivity contribution in [3.05, 3.63) is 69.6 Å². The molecule has 1 N–H and O–H groups in total. The Morgan fingerprint density at radius 2 is 1.79 bits per heavy atom. The minimum atomic E-state index is -0.439. The topological polar surface area (TPSA) is 32.9 Å². The van der Waals surface area contributed by atoms with Gasteiger partial charge in [0.15, 0.2) is 5.43 Å². The predicted octanol–water partition coefficient (Wildman–Crippen LogP) is 3.99. The number of benzene rings is 2. The van der Waals surface area contributed by atoms with Crippen molar-refractivity contribution in [1.82, 2.24) is 4.98 Å². The summed E-state index contributed by atoms with van der Waals surface area (Å²) in [6, 6.07) is 12.9. The Bertz CT molecular complexity index is 808. The van der Waals surface area contributed by atoms with Gasteiger partial charge < -0.3 is 4.98 Å². The average Bonchev–Trinajstić information content (AvgIpc) is 2.41. The highest BCUT2D eigenvalue weighted by Gasteiger charge is 2.07. The fourth-order valence-electron chi connectivity index (χ4n) is 2.02. The highest BCUT2D eigenvalue weighted by Crippen LogP contribution is 2.21. The standard InChI is InChI=1S/C15H9ClFNO/c16-10-6-4-9(5-7-10)13-8-14(19)11-2-1-3-12(17)15(11)18-13/h1-8H,(H,18,19). The molecule has 4 heteroatoms. The molecule has 0 spiro atoms. The van der Waals surface area contributed by atoms with E-state index in [-0.39, 0.29) is 10.9 Å². The van der Waals surface area contributed by atoms with E-state index in [2.05, 4.69) is 4.98 Å². The molecule has 0 aliphatic rings. The van der Waals surface area contributed by atoms with E-state index in [1.54, 1.807) is 30.3 Å². The van der Waals surface area contributed by atoms with Crippen molar-refractivity contribution >= 4 is 22.5 Å². The second kappa shape index (κ2) is 4.52. The Morgan fingerprint density at radius 3 is 2.53 bits per heavy atom. The van der Waals surface area contributed by atoms with Crippen LogP contribution in [0.3, 0.4) is 0 Å². The Labute approximate surface area is 113 Å². The fraction of sp³-hybridized carbons (Fsp3) is 0. The first-order chi connectivity index (χ1) is 9.15. The van der Waals surface area contributed by atoms with Crippen LogP contribution >= 0.6 is 11.6 Å². The summed E-state index contributed by atoms with van der Waals surface area (Å²) in [5.74, 6) is -0.439. The van der Waals surface area contributed by atoms with Crippen LogP contribution in [0, 0.1) is 5.82 Å². The maximum absolute atomic E-state index is 13.7. The van der Waals surface area contributed by atoms with E-state index in [0.29, 0.717) is 16.1 Å². The zero-order valence-corrected chi connectivity index (χ0v) is 10.5. The van der Waals surface area contributed by atoms with Crippen molar-refractivity contribution in [2.24, 2.45) is 0 Å². The van der Waals surface area contributed by atoms with Crippen molar-refractivity contribution in [3.63, 3.8) is 0 Å². The molecule has 0 aliphatic heterocycles. The Hall–Kier alpha value is -2.13. The van der Waals surface area contributed by atoms with E-state index in [1.807, 2.05) is 0 Å². The molecule has 0 atom stereocenters. The van der Waals surface area contributed by atoms with Gasteiger partial charge in [-0.2, -0.15) is 0 Å². The van der Waals surface area contributed by atoms with Crippen LogP contribution in [0.15, 0.2) is 53.3 Å². The summed E-state index contributed by atoms with van der Waals surface area (Å²) in [4.78, 5) is 14.9. The number of aromatic amines is 1. The van der Waals surface area contributed by atoms with E-state index in [0.717, 1.165) is 5.56 Å². The van der Waals surface area contributed by atoms with E-state index in [1.165, 1.54) is 18.2 Å². The van der Waals surface area contributed by atoms with Crippen molar-refractivity contribution in [2.45, 2.75) is 0 Å². The maximum Gasteiger partial charge on any atom is 0.190 e. The minimum Gasteiger partial charge on any atom is -0.352 e. The smallest absolute Gasteiger partial charge is 0.190 e. The number of pyridine rings is 1. The second-order valence-electron chi connectivity index (χ2n) is 4.22. The molecule has 0 amide bonds. The third-order valence-corrected chi connectivity index (χ3v) is 3.22. The second-order valence-corrected chi connectivity index (χ2v) is 4.65. The number of hydrogen-bond acceptors (Lipinski definition) is 1. The Balaban J connectivity index is 2.29. The fourth-order valence-corrected chi connectivity index (χ4v) is 2.15. The van der Waals surface area contributed by atoms with Crippen LogP contribution in [-0.2, 0) is 0 Å². The normalized spacial score (nSPS) is 10.8. The summed E-state index contributed by atoms with van der Waals surface area (Å²) in [6.07, 6.45) is 0.